The molecule has 0 spiro atoms. The second-order valence-corrected chi connectivity index (χ2v) is 10.3. The van der Waals surface area contributed by atoms with E-state index in [0.29, 0.717) is 41.4 Å². The number of furan rings is 1. The Kier molecular flexibility index (Phi) is 6.83. The predicted octanol–water partition coefficient (Wildman–Crippen LogP) is 4.70. The Morgan fingerprint density at radius 3 is 2.58 bits per heavy atom. The summed E-state index contributed by atoms with van der Waals surface area (Å²) in [6, 6.07) is 16.0. The molecule has 1 atom stereocenters. The molecule has 2 aromatic carbocycles. The number of carbonyl (C=O) groups excluding carboxylic acids is 1. The monoisotopic (exact) mass is 471 g/mol. The molecule has 1 aliphatic heterocycles. The van der Waals surface area contributed by atoms with E-state index < -0.39 is 15.9 Å². The summed E-state index contributed by atoms with van der Waals surface area (Å²) in [6.07, 6.45) is 1.17. The van der Waals surface area contributed by atoms with Gasteiger partial charge in [-0.15, -0.1) is 0 Å². The molecule has 8 heteroatoms. The summed E-state index contributed by atoms with van der Waals surface area (Å²) in [4.78, 5) is 15.2. The zero-order valence-electron chi connectivity index (χ0n) is 18.4. The predicted molar refractivity (Wildman–Crippen MR) is 123 cm³/mol. The highest BCUT2D eigenvalue weighted by molar-refractivity contribution is 7.91. The van der Waals surface area contributed by atoms with Crippen LogP contribution in [0.15, 0.2) is 65.1 Å². The first kappa shape index (κ1) is 23.0. The maximum atomic E-state index is 13.6. The van der Waals surface area contributed by atoms with Crippen LogP contribution in [0.5, 0.6) is 5.75 Å². The van der Waals surface area contributed by atoms with E-state index in [-0.39, 0.29) is 29.8 Å². The van der Waals surface area contributed by atoms with Crippen molar-refractivity contribution < 1.29 is 26.8 Å². The fourth-order valence-electron chi connectivity index (χ4n) is 3.92. The van der Waals surface area contributed by atoms with Crippen molar-refractivity contribution in [2.75, 3.05) is 18.1 Å². The lowest BCUT2D eigenvalue weighted by molar-refractivity contribution is 0.0662. The van der Waals surface area contributed by atoms with Gasteiger partial charge in [0.05, 0.1) is 30.2 Å². The topological polar surface area (TPSA) is 76.8 Å². The van der Waals surface area contributed by atoms with Gasteiger partial charge < -0.3 is 14.1 Å². The number of hydrogen-bond acceptors (Lipinski definition) is 5. The fourth-order valence-corrected chi connectivity index (χ4v) is 5.65. The molecule has 0 radical (unpaired) electrons. The largest absolute Gasteiger partial charge is 0.493 e. The van der Waals surface area contributed by atoms with Crippen molar-refractivity contribution in [1.82, 2.24) is 4.90 Å². The number of halogens is 1. The summed E-state index contributed by atoms with van der Waals surface area (Å²) in [5, 5.41) is 0. The van der Waals surface area contributed by atoms with Gasteiger partial charge in [0.15, 0.2) is 9.84 Å². The van der Waals surface area contributed by atoms with Gasteiger partial charge >= 0.3 is 0 Å². The molecule has 6 nitrogen and oxygen atoms in total. The van der Waals surface area contributed by atoms with Crippen LogP contribution in [0.1, 0.15) is 35.9 Å². The minimum absolute atomic E-state index is 0.0500. The molecule has 1 aliphatic rings. The van der Waals surface area contributed by atoms with Gasteiger partial charge in [-0.1, -0.05) is 19.1 Å². The van der Waals surface area contributed by atoms with Crippen molar-refractivity contribution in [3.05, 3.63) is 77.8 Å². The molecule has 33 heavy (non-hydrogen) atoms. The van der Waals surface area contributed by atoms with Crippen LogP contribution in [0.25, 0.3) is 11.3 Å². The van der Waals surface area contributed by atoms with Gasteiger partial charge in [0.1, 0.15) is 23.1 Å². The van der Waals surface area contributed by atoms with Gasteiger partial charge in [-0.3, -0.25) is 4.79 Å². The van der Waals surface area contributed by atoms with E-state index in [1.54, 1.807) is 53.4 Å². The Balaban J connectivity index is 1.63. The molecule has 0 saturated carbocycles. The third kappa shape index (κ3) is 5.45. The van der Waals surface area contributed by atoms with Gasteiger partial charge in [0.25, 0.3) is 5.91 Å². The highest BCUT2D eigenvalue weighted by atomic mass is 32.2. The third-order valence-corrected chi connectivity index (χ3v) is 7.36. The number of para-hydroxylation sites is 1. The summed E-state index contributed by atoms with van der Waals surface area (Å²) < 4.78 is 49.3. The number of amides is 1. The number of sulfone groups is 1. The molecule has 1 amide bonds. The second-order valence-electron chi connectivity index (χ2n) is 8.11. The standard InChI is InChI=1S/C25H26FNO5S/c1-2-14-31-24-6-4-3-5-22(24)25(28)27(20-13-15-33(29,30)17-20)16-21-11-12-23(32-21)18-7-9-19(26)10-8-18/h3-12,20H,2,13-17H2,1H3/t20-/m0/s1. The fraction of sp³-hybridized carbons (Fsp3) is 0.320. The van der Waals surface area contributed by atoms with Crippen molar-refractivity contribution in [1.29, 1.82) is 0 Å². The van der Waals surface area contributed by atoms with Crippen LogP contribution in [-0.2, 0) is 16.4 Å². The summed E-state index contributed by atoms with van der Waals surface area (Å²) in [5.41, 5.74) is 1.10. The SMILES string of the molecule is CCCOc1ccccc1C(=O)N(Cc1ccc(-c2ccc(F)cc2)o1)[C@H]1CCS(=O)(=O)C1. The molecule has 1 saturated heterocycles. The molecular formula is C25H26FNO5S. The Morgan fingerprint density at radius 2 is 1.88 bits per heavy atom. The molecule has 3 aromatic rings. The molecule has 0 bridgehead atoms. The molecule has 0 unspecified atom stereocenters. The molecule has 1 fully saturated rings. The van der Waals surface area contributed by atoms with Crippen LogP contribution in [0, 0.1) is 5.82 Å². The van der Waals surface area contributed by atoms with E-state index in [2.05, 4.69) is 0 Å². The zero-order valence-corrected chi connectivity index (χ0v) is 19.2. The van der Waals surface area contributed by atoms with E-state index >= 15 is 0 Å². The molecule has 4 rings (SSSR count). The third-order valence-electron chi connectivity index (χ3n) is 5.61. The first-order valence-corrected chi connectivity index (χ1v) is 12.8. The minimum Gasteiger partial charge on any atom is -0.493 e. The Labute approximate surface area is 192 Å². The molecule has 2 heterocycles. The van der Waals surface area contributed by atoms with E-state index in [9.17, 15) is 17.6 Å². The molecule has 0 aliphatic carbocycles. The molecule has 174 valence electrons. The lowest BCUT2D eigenvalue weighted by Crippen LogP contribution is -2.40. The van der Waals surface area contributed by atoms with Crippen molar-refractivity contribution in [3.8, 4) is 17.1 Å². The van der Waals surface area contributed by atoms with E-state index in [4.69, 9.17) is 9.15 Å². The van der Waals surface area contributed by atoms with Gasteiger partial charge in [-0.25, -0.2) is 12.8 Å². The van der Waals surface area contributed by atoms with Crippen LogP contribution < -0.4 is 4.74 Å². The minimum atomic E-state index is -3.21. The van der Waals surface area contributed by atoms with Gasteiger partial charge in [-0.05, 0) is 61.4 Å². The zero-order chi connectivity index (χ0) is 23.4. The number of hydrogen-bond donors (Lipinski definition) is 0. The van der Waals surface area contributed by atoms with Crippen LogP contribution in [0.3, 0.4) is 0 Å². The van der Waals surface area contributed by atoms with Gasteiger partial charge in [0, 0.05) is 11.6 Å². The molecular weight excluding hydrogens is 445 g/mol. The maximum absolute atomic E-state index is 13.6. The van der Waals surface area contributed by atoms with E-state index in [0.717, 1.165) is 6.42 Å². The Morgan fingerprint density at radius 1 is 1.12 bits per heavy atom. The summed E-state index contributed by atoms with van der Waals surface area (Å²) in [6.45, 7) is 2.57. The van der Waals surface area contributed by atoms with Crippen LogP contribution >= 0.6 is 0 Å². The van der Waals surface area contributed by atoms with Crippen LogP contribution in [0.2, 0.25) is 0 Å². The van der Waals surface area contributed by atoms with E-state index in [1.165, 1.54) is 12.1 Å². The average Bonchev–Trinajstić information content (AvgIpc) is 3.42. The Bertz CT molecular complexity index is 1220. The van der Waals surface area contributed by atoms with Crippen molar-refractivity contribution in [3.63, 3.8) is 0 Å². The van der Waals surface area contributed by atoms with Crippen LogP contribution in [-0.4, -0.2) is 43.4 Å². The van der Waals surface area contributed by atoms with Crippen molar-refractivity contribution in [2.24, 2.45) is 0 Å². The smallest absolute Gasteiger partial charge is 0.258 e. The van der Waals surface area contributed by atoms with Crippen LogP contribution in [0.4, 0.5) is 4.39 Å². The second kappa shape index (κ2) is 9.79. The molecule has 0 N–H and O–H groups in total. The highest BCUT2D eigenvalue weighted by Crippen LogP contribution is 2.28. The quantitative estimate of drug-likeness (QED) is 0.476. The number of carbonyl (C=O) groups is 1. The van der Waals surface area contributed by atoms with Gasteiger partial charge in [0.2, 0.25) is 0 Å². The Hall–Kier alpha value is -3.13. The van der Waals surface area contributed by atoms with Crippen molar-refractivity contribution in [2.45, 2.75) is 32.4 Å². The number of ether oxygens (including phenoxy) is 1. The normalized spacial score (nSPS) is 17.1. The summed E-state index contributed by atoms with van der Waals surface area (Å²) in [7, 11) is -3.21. The number of rotatable bonds is 8. The maximum Gasteiger partial charge on any atom is 0.258 e. The first-order valence-electron chi connectivity index (χ1n) is 10.9. The number of benzene rings is 2. The lowest BCUT2D eigenvalue weighted by Gasteiger charge is -2.28. The first-order chi connectivity index (χ1) is 15.9. The average molecular weight is 472 g/mol. The summed E-state index contributed by atoms with van der Waals surface area (Å²) in [5.74, 6) is 0.859. The summed E-state index contributed by atoms with van der Waals surface area (Å²) >= 11 is 0. The van der Waals surface area contributed by atoms with E-state index in [1.807, 2.05) is 6.92 Å². The number of nitrogens with zero attached hydrogens (tertiary/aromatic N) is 1. The van der Waals surface area contributed by atoms with Gasteiger partial charge in [-0.2, -0.15) is 0 Å². The lowest BCUT2D eigenvalue weighted by atomic mass is 10.1. The molecule has 1 aromatic heterocycles. The highest BCUT2D eigenvalue weighted by Gasteiger charge is 2.36. The van der Waals surface area contributed by atoms with Crippen molar-refractivity contribution >= 4 is 15.7 Å².